The third-order valence-electron chi connectivity index (χ3n) is 3.66. The van der Waals surface area contributed by atoms with Gasteiger partial charge in [-0.2, -0.15) is 0 Å². The van der Waals surface area contributed by atoms with Crippen LogP contribution in [0.1, 0.15) is 29.7 Å². The van der Waals surface area contributed by atoms with E-state index in [1.54, 1.807) is 0 Å². The number of nitrogens with one attached hydrogen (secondary N) is 3. The molecular formula is C19H23N3O2. The van der Waals surface area contributed by atoms with Gasteiger partial charge in [-0.15, -0.1) is 0 Å². The van der Waals surface area contributed by atoms with Gasteiger partial charge in [0.2, 0.25) is 5.91 Å². The van der Waals surface area contributed by atoms with Crippen molar-refractivity contribution < 1.29 is 9.59 Å². The SMILES string of the molecule is Cc1ccc(CNC(=O)NCC(=O)NC(C)c2ccccc2)cc1. The van der Waals surface area contributed by atoms with Crippen molar-refractivity contribution in [1.82, 2.24) is 16.0 Å². The van der Waals surface area contributed by atoms with Crippen molar-refractivity contribution in [2.45, 2.75) is 26.4 Å². The van der Waals surface area contributed by atoms with E-state index in [1.807, 2.05) is 68.4 Å². The quantitative estimate of drug-likeness (QED) is 0.764. The summed E-state index contributed by atoms with van der Waals surface area (Å²) in [6, 6.07) is 17.1. The van der Waals surface area contributed by atoms with E-state index in [-0.39, 0.29) is 24.5 Å². The topological polar surface area (TPSA) is 70.2 Å². The van der Waals surface area contributed by atoms with Crippen LogP contribution in [0.3, 0.4) is 0 Å². The monoisotopic (exact) mass is 325 g/mol. The van der Waals surface area contributed by atoms with Crippen LogP contribution in [0.2, 0.25) is 0 Å². The highest BCUT2D eigenvalue weighted by atomic mass is 16.2. The number of hydrogen-bond donors (Lipinski definition) is 3. The first kappa shape index (κ1) is 17.5. The largest absolute Gasteiger partial charge is 0.348 e. The lowest BCUT2D eigenvalue weighted by Crippen LogP contribution is -2.42. The van der Waals surface area contributed by atoms with E-state index in [1.165, 1.54) is 5.56 Å². The maximum Gasteiger partial charge on any atom is 0.315 e. The number of urea groups is 1. The summed E-state index contributed by atoms with van der Waals surface area (Å²) in [5.74, 6) is -0.225. The second-order valence-corrected chi connectivity index (χ2v) is 5.72. The molecule has 3 amide bonds. The van der Waals surface area contributed by atoms with Crippen molar-refractivity contribution in [3.8, 4) is 0 Å². The second kappa shape index (κ2) is 8.72. The fourth-order valence-corrected chi connectivity index (χ4v) is 2.23. The highest BCUT2D eigenvalue weighted by Gasteiger charge is 2.10. The summed E-state index contributed by atoms with van der Waals surface area (Å²) in [5.41, 5.74) is 3.21. The predicted molar refractivity (Wildman–Crippen MR) is 94.4 cm³/mol. The fourth-order valence-electron chi connectivity index (χ4n) is 2.23. The zero-order valence-electron chi connectivity index (χ0n) is 14.0. The van der Waals surface area contributed by atoms with Gasteiger partial charge in [-0.25, -0.2) is 4.79 Å². The van der Waals surface area contributed by atoms with E-state index in [9.17, 15) is 9.59 Å². The van der Waals surface area contributed by atoms with Crippen LogP contribution in [0.15, 0.2) is 54.6 Å². The van der Waals surface area contributed by atoms with E-state index in [0.29, 0.717) is 6.54 Å². The van der Waals surface area contributed by atoms with E-state index >= 15 is 0 Å². The van der Waals surface area contributed by atoms with Gasteiger partial charge >= 0.3 is 6.03 Å². The molecule has 126 valence electrons. The number of rotatable bonds is 6. The summed E-state index contributed by atoms with van der Waals surface area (Å²) in [6.45, 7) is 4.29. The van der Waals surface area contributed by atoms with Gasteiger partial charge in [0.05, 0.1) is 12.6 Å². The first-order valence-corrected chi connectivity index (χ1v) is 7.96. The van der Waals surface area contributed by atoms with Crippen LogP contribution in [0, 0.1) is 6.92 Å². The average molecular weight is 325 g/mol. The van der Waals surface area contributed by atoms with Crippen molar-refractivity contribution in [2.24, 2.45) is 0 Å². The third-order valence-corrected chi connectivity index (χ3v) is 3.66. The summed E-state index contributed by atoms with van der Waals surface area (Å²) in [4.78, 5) is 23.6. The molecule has 1 unspecified atom stereocenters. The molecule has 0 fully saturated rings. The van der Waals surface area contributed by atoms with Gasteiger partial charge < -0.3 is 16.0 Å². The zero-order valence-corrected chi connectivity index (χ0v) is 14.0. The normalized spacial score (nSPS) is 11.4. The Balaban J connectivity index is 1.69. The molecule has 0 aromatic heterocycles. The zero-order chi connectivity index (χ0) is 17.4. The molecule has 0 bridgehead atoms. The first-order valence-electron chi connectivity index (χ1n) is 7.96. The number of carbonyl (C=O) groups is 2. The van der Waals surface area contributed by atoms with Gasteiger partial charge in [0, 0.05) is 6.54 Å². The van der Waals surface area contributed by atoms with Crippen LogP contribution in [0.25, 0.3) is 0 Å². The Labute approximate surface area is 142 Å². The van der Waals surface area contributed by atoms with Crippen LogP contribution in [0.5, 0.6) is 0 Å². The molecule has 0 heterocycles. The van der Waals surface area contributed by atoms with Crippen molar-refractivity contribution in [3.63, 3.8) is 0 Å². The summed E-state index contributed by atoms with van der Waals surface area (Å²) < 4.78 is 0. The van der Waals surface area contributed by atoms with Crippen molar-refractivity contribution in [2.75, 3.05) is 6.54 Å². The van der Waals surface area contributed by atoms with Crippen molar-refractivity contribution >= 4 is 11.9 Å². The molecule has 5 nitrogen and oxygen atoms in total. The molecule has 0 spiro atoms. The van der Waals surface area contributed by atoms with Gasteiger partial charge in [-0.05, 0) is 25.0 Å². The van der Waals surface area contributed by atoms with E-state index in [4.69, 9.17) is 0 Å². The van der Waals surface area contributed by atoms with E-state index < -0.39 is 0 Å². The van der Waals surface area contributed by atoms with Crippen LogP contribution in [-0.4, -0.2) is 18.5 Å². The minimum absolute atomic E-state index is 0.0586. The minimum Gasteiger partial charge on any atom is -0.348 e. The molecular weight excluding hydrogens is 302 g/mol. The molecule has 0 saturated heterocycles. The van der Waals surface area contributed by atoms with E-state index in [2.05, 4.69) is 16.0 Å². The lowest BCUT2D eigenvalue weighted by atomic mass is 10.1. The minimum atomic E-state index is -0.363. The first-order chi connectivity index (χ1) is 11.5. The maximum absolute atomic E-state index is 11.9. The summed E-state index contributed by atoms with van der Waals surface area (Å²) in [7, 11) is 0. The highest BCUT2D eigenvalue weighted by Crippen LogP contribution is 2.10. The summed E-state index contributed by atoms with van der Waals surface area (Å²) in [5, 5.41) is 8.14. The maximum atomic E-state index is 11.9. The van der Waals surface area contributed by atoms with Gasteiger partial charge in [0.25, 0.3) is 0 Å². The van der Waals surface area contributed by atoms with Gasteiger partial charge in [0.1, 0.15) is 0 Å². The molecule has 0 radical (unpaired) electrons. The van der Waals surface area contributed by atoms with Crippen molar-refractivity contribution in [1.29, 1.82) is 0 Å². The van der Waals surface area contributed by atoms with Gasteiger partial charge in [-0.3, -0.25) is 4.79 Å². The molecule has 0 saturated carbocycles. The summed E-state index contributed by atoms with van der Waals surface area (Å²) in [6.07, 6.45) is 0. The molecule has 24 heavy (non-hydrogen) atoms. The Morgan fingerprint density at radius 1 is 0.958 bits per heavy atom. The number of hydrogen-bond acceptors (Lipinski definition) is 2. The van der Waals surface area contributed by atoms with Gasteiger partial charge in [0.15, 0.2) is 0 Å². The fraction of sp³-hybridized carbons (Fsp3) is 0.263. The van der Waals surface area contributed by atoms with Crippen LogP contribution < -0.4 is 16.0 Å². The second-order valence-electron chi connectivity index (χ2n) is 5.72. The van der Waals surface area contributed by atoms with Crippen LogP contribution >= 0.6 is 0 Å². The third kappa shape index (κ3) is 5.76. The lowest BCUT2D eigenvalue weighted by molar-refractivity contribution is -0.120. The Morgan fingerprint density at radius 2 is 1.62 bits per heavy atom. The van der Waals surface area contributed by atoms with Crippen LogP contribution in [0.4, 0.5) is 4.79 Å². The molecule has 1 atom stereocenters. The van der Waals surface area contributed by atoms with E-state index in [0.717, 1.165) is 11.1 Å². The molecule has 2 aromatic carbocycles. The number of carbonyl (C=O) groups excluding carboxylic acids is 2. The Kier molecular flexibility index (Phi) is 6.37. The Hall–Kier alpha value is -2.82. The molecule has 0 aliphatic rings. The number of aryl methyl sites for hydroxylation is 1. The average Bonchev–Trinajstić information content (AvgIpc) is 2.60. The Morgan fingerprint density at radius 3 is 2.29 bits per heavy atom. The lowest BCUT2D eigenvalue weighted by Gasteiger charge is -2.14. The number of benzene rings is 2. The smallest absolute Gasteiger partial charge is 0.315 e. The number of amides is 3. The molecule has 0 aliphatic carbocycles. The molecule has 3 N–H and O–H groups in total. The summed E-state index contributed by atoms with van der Waals surface area (Å²) >= 11 is 0. The predicted octanol–water partition coefficient (Wildman–Crippen LogP) is 2.67. The van der Waals surface area contributed by atoms with Crippen LogP contribution in [-0.2, 0) is 11.3 Å². The van der Waals surface area contributed by atoms with Gasteiger partial charge in [-0.1, -0.05) is 60.2 Å². The van der Waals surface area contributed by atoms with Crippen molar-refractivity contribution in [3.05, 3.63) is 71.3 Å². The highest BCUT2D eigenvalue weighted by molar-refractivity contribution is 5.84. The Bertz CT molecular complexity index is 669. The molecule has 5 heteroatoms. The standard InChI is InChI=1S/C19H23N3O2/c1-14-8-10-16(11-9-14)12-20-19(24)21-13-18(23)22-15(2)17-6-4-3-5-7-17/h3-11,15H,12-13H2,1-2H3,(H,22,23)(H2,20,21,24). The molecule has 2 aromatic rings. The molecule has 0 aliphatic heterocycles. The molecule has 2 rings (SSSR count).